The van der Waals surface area contributed by atoms with Gasteiger partial charge < -0.3 is 4.90 Å². The molecular formula is C16H30N2O. The van der Waals surface area contributed by atoms with Crippen LogP contribution in [-0.2, 0) is 4.79 Å². The Labute approximate surface area is 118 Å². The predicted octanol–water partition coefficient (Wildman–Crippen LogP) is 2.41. The quantitative estimate of drug-likeness (QED) is 0.784. The fraction of sp³-hybridized carbons (Fsp3) is 0.938. The zero-order valence-electron chi connectivity index (χ0n) is 12.9. The van der Waals surface area contributed by atoms with Crippen molar-refractivity contribution in [3.63, 3.8) is 0 Å². The number of likely N-dealkylation sites (N-methyl/N-ethyl adjacent to an activating group) is 1. The molecule has 3 atom stereocenters. The van der Waals surface area contributed by atoms with Gasteiger partial charge in [-0.15, -0.1) is 0 Å². The second-order valence-electron chi connectivity index (χ2n) is 6.67. The first-order valence-corrected chi connectivity index (χ1v) is 8.05. The van der Waals surface area contributed by atoms with E-state index in [2.05, 4.69) is 30.7 Å². The molecule has 0 aromatic heterocycles. The van der Waals surface area contributed by atoms with Crippen molar-refractivity contribution in [3.8, 4) is 0 Å². The number of nitrogens with zero attached hydrogens (tertiary/aromatic N) is 2. The molecule has 2 fully saturated rings. The molecule has 1 aliphatic heterocycles. The summed E-state index contributed by atoms with van der Waals surface area (Å²) >= 11 is 0. The Morgan fingerprint density at radius 2 is 2.11 bits per heavy atom. The molecule has 2 aliphatic rings. The number of carbonyl (C=O) groups excluding carboxylic acids is 1. The Bertz CT molecular complexity index is 305. The van der Waals surface area contributed by atoms with Gasteiger partial charge in [-0.25, -0.2) is 0 Å². The van der Waals surface area contributed by atoms with Crippen LogP contribution in [-0.4, -0.2) is 54.9 Å². The van der Waals surface area contributed by atoms with Gasteiger partial charge in [0.2, 0.25) is 0 Å². The molecule has 1 heterocycles. The van der Waals surface area contributed by atoms with Crippen molar-refractivity contribution in [2.75, 3.05) is 33.2 Å². The highest BCUT2D eigenvalue weighted by Gasteiger charge is 2.31. The highest BCUT2D eigenvalue weighted by molar-refractivity contribution is 5.81. The van der Waals surface area contributed by atoms with Crippen LogP contribution < -0.4 is 0 Å². The van der Waals surface area contributed by atoms with Gasteiger partial charge in [-0.1, -0.05) is 13.3 Å². The van der Waals surface area contributed by atoms with E-state index in [1.54, 1.807) is 0 Å². The van der Waals surface area contributed by atoms with Crippen molar-refractivity contribution in [1.29, 1.82) is 0 Å². The van der Waals surface area contributed by atoms with Gasteiger partial charge in [0, 0.05) is 31.5 Å². The van der Waals surface area contributed by atoms with Crippen LogP contribution >= 0.6 is 0 Å². The monoisotopic (exact) mass is 266 g/mol. The minimum Gasteiger partial charge on any atom is -0.305 e. The molecular weight excluding hydrogens is 236 g/mol. The average Bonchev–Trinajstić information content (AvgIpc) is 2.54. The molecule has 0 spiro atoms. The van der Waals surface area contributed by atoms with Crippen LogP contribution in [0.15, 0.2) is 0 Å². The maximum atomic E-state index is 12.1. The largest absolute Gasteiger partial charge is 0.305 e. The molecule has 3 heteroatoms. The van der Waals surface area contributed by atoms with Crippen molar-refractivity contribution >= 4 is 5.78 Å². The first-order valence-electron chi connectivity index (χ1n) is 8.05. The normalized spacial score (nSPS) is 35.3. The van der Waals surface area contributed by atoms with Gasteiger partial charge in [0.05, 0.1) is 0 Å². The van der Waals surface area contributed by atoms with Crippen molar-refractivity contribution in [2.45, 2.75) is 52.0 Å². The van der Waals surface area contributed by atoms with Gasteiger partial charge in [0.1, 0.15) is 5.78 Å². The molecule has 0 aromatic rings. The fourth-order valence-electron chi connectivity index (χ4n) is 3.73. The third-order valence-corrected chi connectivity index (χ3v) is 5.09. The lowest BCUT2D eigenvalue weighted by Gasteiger charge is -2.34. The summed E-state index contributed by atoms with van der Waals surface area (Å²) in [6.45, 7) is 9.07. The topological polar surface area (TPSA) is 23.6 Å². The summed E-state index contributed by atoms with van der Waals surface area (Å²) < 4.78 is 0. The van der Waals surface area contributed by atoms with Gasteiger partial charge in [0.25, 0.3) is 0 Å². The Morgan fingerprint density at radius 3 is 2.84 bits per heavy atom. The molecule has 1 saturated heterocycles. The molecule has 0 N–H and O–H groups in total. The van der Waals surface area contributed by atoms with Gasteiger partial charge >= 0.3 is 0 Å². The maximum Gasteiger partial charge on any atom is 0.137 e. The first-order chi connectivity index (χ1) is 9.10. The van der Waals surface area contributed by atoms with Crippen molar-refractivity contribution < 1.29 is 4.79 Å². The second kappa shape index (κ2) is 6.85. The van der Waals surface area contributed by atoms with Gasteiger partial charge in [-0.05, 0) is 52.2 Å². The smallest absolute Gasteiger partial charge is 0.137 e. The molecule has 0 aromatic carbocycles. The van der Waals surface area contributed by atoms with Crippen LogP contribution in [0.5, 0.6) is 0 Å². The van der Waals surface area contributed by atoms with E-state index in [1.807, 2.05) is 0 Å². The van der Waals surface area contributed by atoms with Crippen LogP contribution in [0.3, 0.4) is 0 Å². The zero-order valence-corrected chi connectivity index (χ0v) is 12.9. The Kier molecular flexibility index (Phi) is 5.40. The Balaban J connectivity index is 1.92. The van der Waals surface area contributed by atoms with Crippen LogP contribution in [0.4, 0.5) is 0 Å². The molecule has 19 heavy (non-hydrogen) atoms. The highest BCUT2D eigenvalue weighted by Crippen LogP contribution is 2.29. The van der Waals surface area contributed by atoms with Crippen LogP contribution in [0.1, 0.15) is 46.0 Å². The third-order valence-electron chi connectivity index (χ3n) is 5.09. The number of Topliss-reactive ketones (excluding diaryl/α,β-unsaturated/α-hetero) is 1. The van der Waals surface area contributed by atoms with E-state index < -0.39 is 0 Å². The summed E-state index contributed by atoms with van der Waals surface area (Å²) in [4.78, 5) is 17.1. The van der Waals surface area contributed by atoms with E-state index in [1.165, 1.54) is 19.4 Å². The Hall–Kier alpha value is -0.410. The average molecular weight is 266 g/mol. The highest BCUT2D eigenvalue weighted by atomic mass is 16.1. The van der Waals surface area contributed by atoms with Crippen molar-refractivity contribution in [3.05, 3.63) is 0 Å². The molecule has 0 radical (unpaired) electrons. The van der Waals surface area contributed by atoms with Gasteiger partial charge in [-0.2, -0.15) is 0 Å². The molecule has 110 valence electrons. The number of carbonyl (C=O) groups is 1. The van der Waals surface area contributed by atoms with E-state index in [4.69, 9.17) is 0 Å². The molecule has 3 unspecified atom stereocenters. The predicted molar refractivity (Wildman–Crippen MR) is 79.3 cm³/mol. The van der Waals surface area contributed by atoms with Crippen molar-refractivity contribution in [2.24, 2.45) is 11.8 Å². The van der Waals surface area contributed by atoms with E-state index in [0.29, 0.717) is 17.7 Å². The molecule has 1 saturated carbocycles. The van der Waals surface area contributed by atoms with Crippen LogP contribution in [0.2, 0.25) is 0 Å². The first kappa shape index (κ1) is 15.0. The molecule has 0 bridgehead atoms. The summed E-state index contributed by atoms with van der Waals surface area (Å²) in [6, 6.07) is 0.585. The standard InChI is InChI=1S/C16H30N2O/c1-4-14-6-7-16(19)15(10-14)12-18-9-5-8-17(3)11-13(18)2/h13-15H,4-12H2,1-3H3. The lowest BCUT2D eigenvalue weighted by Crippen LogP contribution is -2.43. The summed E-state index contributed by atoms with van der Waals surface area (Å²) in [5.74, 6) is 1.62. The lowest BCUT2D eigenvalue weighted by atomic mass is 9.79. The van der Waals surface area contributed by atoms with Gasteiger partial charge in [-0.3, -0.25) is 9.69 Å². The summed E-state index contributed by atoms with van der Waals surface area (Å²) in [6.07, 6.45) is 5.56. The van der Waals surface area contributed by atoms with E-state index >= 15 is 0 Å². The third kappa shape index (κ3) is 4.03. The van der Waals surface area contributed by atoms with Gasteiger partial charge in [0.15, 0.2) is 0 Å². The minimum atomic E-state index is 0.310. The molecule has 2 rings (SSSR count). The zero-order chi connectivity index (χ0) is 13.8. The SMILES string of the molecule is CCC1CCC(=O)C(CN2CCCN(C)CC2C)C1. The van der Waals surface area contributed by atoms with Crippen LogP contribution in [0.25, 0.3) is 0 Å². The lowest BCUT2D eigenvalue weighted by molar-refractivity contribution is -0.126. The van der Waals surface area contributed by atoms with Crippen LogP contribution in [0, 0.1) is 11.8 Å². The summed E-state index contributed by atoms with van der Waals surface area (Å²) in [5.41, 5.74) is 0. The fourth-order valence-corrected chi connectivity index (χ4v) is 3.73. The van der Waals surface area contributed by atoms with Crippen molar-refractivity contribution in [1.82, 2.24) is 9.80 Å². The number of hydrogen-bond donors (Lipinski definition) is 0. The molecule has 3 nitrogen and oxygen atoms in total. The van der Waals surface area contributed by atoms with E-state index in [-0.39, 0.29) is 0 Å². The van der Waals surface area contributed by atoms with E-state index in [9.17, 15) is 4.79 Å². The Morgan fingerprint density at radius 1 is 1.32 bits per heavy atom. The number of hydrogen-bond acceptors (Lipinski definition) is 3. The number of rotatable bonds is 3. The van der Waals surface area contributed by atoms with E-state index in [0.717, 1.165) is 44.8 Å². The second-order valence-corrected chi connectivity index (χ2v) is 6.67. The summed E-state index contributed by atoms with van der Waals surface area (Å²) in [7, 11) is 2.21. The minimum absolute atomic E-state index is 0.310. The molecule has 1 aliphatic carbocycles. The molecule has 0 amide bonds. The maximum absolute atomic E-state index is 12.1. The number of ketones is 1. The summed E-state index contributed by atoms with van der Waals surface area (Å²) in [5, 5.41) is 0.